The normalized spacial score (nSPS) is 14.6. The average Bonchev–Trinajstić information content (AvgIpc) is 2.16. The van der Waals surface area contributed by atoms with Gasteiger partial charge in [0.15, 0.2) is 0 Å². The predicted molar refractivity (Wildman–Crippen MR) is 73.8 cm³/mol. The van der Waals surface area contributed by atoms with Crippen LogP contribution >= 0.6 is 0 Å². The van der Waals surface area contributed by atoms with Crippen LogP contribution in [0.1, 0.15) is 54.9 Å². The SMILES string of the molecule is CCC=C(C)C(=O)NC(C)N(C(C)C)C(C)C. The molecule has 0 radical (unpaired) electrons. The van der Waals surface area contributed by atoms with Gasteiger partial charge in [-0.05, 0) is 48.0 Å². The summed E-state index contributed by atoms with van der Waals surface area (Å²) in [5.41, 5.74) is 0.798. The van der Waals surface area contributed by atoms with Crippen molar-refractivity contribution in [2.75, 3.05) is 0 Å². The molecular weight excluding hydrogens is 212 g/mol. The Hall–Kier alpha value is -0.830. The quantitative estimate of drug-likeness (QED) is 0.572. The van der Waals surface area contributed by atoms with E-state index in [4.69, 9.17) is 0 Å². The topological polar surface area (TPSA) is 32.3 Å². The molecule has 3 heteroatoms. The number of rotatable bonds is 6. The van der Waals surface area contributed by atoms with Crippen LogP contribution < -0.4 is 5.32 Å². The van der Waals surface area contributed by atoms with Crippen LogP contribution in [-0.2, 0) is 4.79 Å². The Kier molecular flexibility index (Phi) is 7.12. The molecule has 0 spiro atoms. The fourth-order valence-electron chi connectivity index (χ4n) is 2.27. The van der Waals surface area contributed by atoms with Crippen molar-refractivity contribution in [2.24, 2.45) is 0 Å². The number of amides is 1. The Balaban J connectivity index is 4.56. The molecule has 100 valence electrons. The molecule has 0 fully saturated rings. The molecule has 1 N–H and O–H groups in total. The first kappa shape index (κ1) is 16.2. The van der Waals surface area contributed by atoms with E-state index in [-0.39, 0.29) is 12.1 Å². The van der Waals surface area contributed by atoms with Crippen LogP contribution in [-0.4, -0.2) is 29.1 Å². The molecule has 0 aromatic heterocycles. The number of allylic oxidation sites excluding steroid dienone is 1. The van der Waals surface area contributed by atoms with Crippen molar-refractivity contribution in [2.45, 2.75) is 73.1 Å². The summed E-state index contributed by atoms with van der Waals surface area (Å²) in [4.78, 5) is 14.2. The van der Waals surface area contributed by atoms with Crippen molar-refractivity contribution >= 4 is 5.91 Å². The summed E-state index contributed by atoms with van der Waals surface area (Å²) in [5, 5.41) is 3.05. The van der Waals surface area contributed by atoms with Gasteiger partial charge in [-0.3, -0.25) is 9.69 Å². The van der Waals surface area contributed by atoms with Crippen LogP contribution in [0.4, 0.5) is 0 Å². The summed E-state index contributed by atoms with van der Waals surface area (Å²) in [7, 11) is 0. The molecule has 0 aromatic rings. The van der Waals surface area contributed by atoms with Gasteiger partial charge in [0, 0.05) is 17.7 Å². The molecule has 1 atom stereocenters. The zero-order valence-corrected chi connectivity index (χ0v) is 12.4. The maximum absolute atomic E-state index is 11.9. The second-order valence-corrected chi connectivity index (χ2v) is 5.08. The maximum atomic E-state index is 11.9. The minimum atomic E-state index is 0.0330. The van der Waals surface area contributed by atoms with E-state index in [0.717, 1.165) is 12.0 Å². The number of carbonyl (C=O) groups excluding carboxylic acids is 1. The first-order chi connectivity index (χ1) is 7.81. The van der Waals surface area contributed by atoms with Crippen LogP contribution in [0.15, 0.2) is 11.6 Å². The van der Waals surface area contributed by atoms with Gasteiger partial charge in [-0.2, -0.15) is 0 Å². The number of hydrogen-bond acceptors (Lipinski definition) is 2. The molecule has 0 rings (SSSR count). The van der Waals surface area contributed by atoms with E-state index >= 15 is 0 Å². The Labute approximate surface area is 106 Å². The van der Waals surface area contributed by atoms with Gasteiger partial charge in [0.05, 0.1) is 6.17 Å². The Morgan fingerprint density at radius 3 is 2.00 bits per heavy atom. The third kappa shape index (κ3) is 5.35. The highest BCUT2D eigenvalue weighted by Gasteiger charge is 2.21. The molecule has 0 aromatic carbocycles. The summed E-state index contributed by atoms with van der Waals surface area (Å²) < 4.78 is 0. The lowest BCUT2D eigenvalue weighted by atomic mass is 10.2. The predicted octanol–water partition coefficient (Wildman–Crippen LogP) is 2.92. The van der Waals surface area contributed by atoms with Crippen molar-refractivity contribution in [1.82, 2.24) is 10.2 Å². The van der Waals surface area contributed by atoms with E-state index in [9.17, 15) is 4.79 Å². The molecule has 0 saturated carbocycles. The lowest BCUT2D eigenvalue weighted by Gasteiger charge is -2.36. The maximum Gasteiger partial charge on any atom is 0.247 e. The van der Waals surface area contributed by atoms with Gasteiger partial charge in [0.1, 0.15) is 0 Å². The molecule has 17 heavy (non-hydrogen) atoms. The molecule has 0 aliphatic heterocycles. The fourth-order valence-corrected chi connectivity index (χ4v) is 2.27. The van der Waals surface area contributed by atoms with Gasteiger partial charge >= 0.3 is 0 Å². The van der Waals surface area contributed by atoms with Crippen molar-refractivity contribution in [3.63, 3.8) is 0 Å². The van der Waals surface area contributed by atoms with Gasteiger partial charge in [-0.25, -0.2) is 0 Å². The lowest BCUT2D eigenvalue weighted by molar-refractivity contribution is -0.119. The van der Waals surface area contributed by atoms with Gasteiger partial charge in [-0.15, -0.1) is 0 Å². The summed E-state index contributed by atoms with van der Waals surface area (Å²) in [6, 6.07) is 0.835. The molecule has 1 unspecified atom stereocenters. The van der Waals surface area contributed by atoms with Crippen molar-refractivity contribution < 1.29 is 4.79 Å². The number of hydrogen-bond donors (Lipinski definition) is 1. The van der Waals surface area contributed by atoms with E-state index in [1.807, 2.05) is 26.8 Å². The molecule has 0 bridgehead atoms. The third-order valence-electron chi connectivity index (χ3n) is 2.85. The molecule has 1 amide bonds. The van der Waals surface area contributed by atoms with E-state index in [0.29, 0.717) is 12.1 Å². The first-order valence-corrected chi connectivity index (χ1v) is 6.56. The van der Waals surface area contributed by atoms with Crippen molar-refractivity contribution in [3.8, 4) is 0 Å². The minimum absolute atomic E-state index is 0.0330. The zero-order chi connectivity index (χ0) is 13.6. The number of nitrogens with one attached hydrogen (secondary N) is 1. The lowest BCUT2D eigenvalue weighted by Crippen LogP contribution is -2.52. The highest BCUT2D eigenvalue weighted by Crippen LogP contribution is 2.09. The second kappa shape index (κ2) is 7.49. The van der Waals surface area contributed by atoms with Crippen LogP contribution in [0.25, 0.3) is 0 Å². The summed E-state index contributed by atoms with van der Waals surface area (Å²) in [6.07, 6.45) is 2.91. The zero-order valence-electron chi connectivity index (χ0n) is 12.4. The standard InChI is InChI=1S/C14H28N2O/c1-8-9-12(6)14(17)15-13(7)16(10(2)3)11(4)5/h9-11,13H,8H2,1-7H3,(H,15,17). The van der Waals surface area contributed by atoms with Gasteiger partial charge in [0.2, 0.25) is 5.91 Å². The Morgan fingerprint density at radius 2 is 1.65 bits per heavy atom. The van der Waals surface area contributed by atoms with Gasteiger partial charge in [-0.1, -0.05) is 13.0 Å². The van der Waals surface area contributed by atoms with E-state index in [1.54, 1.807) is 0 Å². The molecular formula is C14H28N2O. The Bertz CT molecular complexity index is 261. The number of nitrogens with zero attached hydrogens (tertiary/aromatic N) is 1. The minimum Gasteiger partial charge on any atom is -0.337 e. The third-order valence-corrected chi connectivity index (χ3v) is 2.85. The second-order valence-electron chi connectivity index (χ2n) is 5.08. The largest absolute Gasteiger partial charge is 0.337 e. The van der Waals surface area contributed by atoms with Gasteiger partial charge < -0.3 is 5.32 Å². The summed E-state index contributed by atoms with van der Waals surface area (Å²) in [6.45, 7) is 14.5. The highest BCUT2D eigenvalue weighted by molar-refractivity contribution is 5.92. The molecule has 0 aliphatic carbocycles. The van der Waals surface area contributed by atoms with Crippen LogP contribution in [0.3, 0.4) is 0 Å². The van der Waals surface area contributed by atoms with Crippen molar-refractivity contribution in [3.05, 3.63) is 11.6 Å². The first-order valence-electron chi connectivity index (χ1n) is 6.56. The smallest absolute Gasteiger partial charge is 0.247 e. The molecule has 0 aliphatic rings. The van der Waals surface area contributed by atoms with E-state index in [2.05, 4.69) is 37.9 Å². The van der Waals surface area contributed by atoms with E-state index < -0.39 is 0 Å². The number of carbonyl (C=O) groups is 1. The van der Waals surface area contributed by atoms with Crippen LogP contribution in [0.5, 0.6) is 0 Å². The Morgan fingerprint density at radius 1 is 1.18 bits per heavy atom. The van der Waals surface area contributed by atoms with E-state index in [1.165, 1.54) is 0 Å². The monoisotopic (exact) mass is 240 g/mol. The summed E-state index contributed by atoms with van der Waals surface area (Å²) >= 11 is 0. The molecule has 0 saturated heterocycles. The van der Waals surface area contributed by atoms with Gasteiger partial charge in [0.25, 0.3) is 0 Å². The molecule has 3 nitrogen and oxygen atoms in total. The summed E-state index contributed by atoms with van der Waals surface area (Å²) in [5.74, 6) is 0.0330. The van der Waals surface area contributed by atoms with Crippen LogP contribution in [0.2, 0.25) is 0 Å². The molecule has 0 heterocycles. The highest BCUT2D eigenvalue weighted by atomic mass is 16.1. The van der Waals surface area contributed by atoms with Crippen molar-refractivity contribution in [1.29, 1.82) is 0 Å². The van der Waals surface area contributed by atoms with Crippen LogP contribution in [0, 0.1) is 0 Å². The average molecular weight is 240 g/mol. The fraction of sp³-hybridized carbons (Fsp3) is 0.786.